The molecule has 27 heavy (non-hydrogen) atoms. The van der Waals surface area contributed by atoms with Gasteiger partial charge >= 0.3 is 0 Å². The van der Waals surface area contributed by atoms with E-state index < -0.39 is 0 Å². The maximum atomic E-state index is 12.7. The van der Waals surface area contributed by atoms with E-state index in [0.29, 0.717) is 37.9 Å². The van der Waals surface area contributed by atoms with Crippen molar-refractivity contribution < 1.29 is 9.59 Å². The van der Waals surface area contributed by atoms with Gasteiger partial charge in [-0.2, -0.15) is 0 Å². The molecule has 6 heteroatoms. The third-order valence-corrected chi connectivity index (χ3v) is 4.95. The number of hydrogen-bond donors (Lipinski definition) is 2. The van der Waals surface area contributed by atoms with E-state index >= 15 is 0 Å². The fourth-order valence-electron chi connectivity index (χ4n) is 3.59. The molecule has 0 radical (unpaired) electrons. The molecule has 3 N–H and O–H groups in total. The number of halogens is 1. The summed E-state index contributed by atoms with van der Waals surface area (Å²) in [5.74, 6) is 0.607. The lowest BCUT2D eigenvalue weighted by Gasteiger charge is -2.17. The second-order valence-electron chi connectivity index (χ2n) is 6.87. The molecule has 1 heterocycles. The molecule has 2 atom stereocenters. The van der Waals surface area contributed by atoms with Crippen LogP contribution in [0.2, 0.25) is 0 Å². The van der Waals surface area contributed by atoms with Crippen LogP contribution < -0.4 is 11.1 Å². The first-order chi connectivity index (χ1) is 12.6. The first-order valence-electron chi connectivity index (χ1n) is 8.96. The summed E-state index contributed by atoms with van der Waals surface area (Å²) in [5, 5.41) is 2.73. The Labute approximate surface area is 166 Å². The SMILES string of the molecule is CC(=O)Nc1ccc(CC(=O)N2C[C@@H](CN)[C@H](c3ccccc3)C2)cc1.Cl. The number of carbonyl (C=O) groups excluding carboxylic acids is 2. The fourth-order valence-corrected chi connectivity index (χ4v) is 3.59. The van der Waals surface area contributed by atoms with Crippen LogP contribution in [0.5, 0.6) is 0 Å². The zero-order chi connectivity index (χ0) is 18.5. The molecule has 0 saturated carbocycles. The molecular weight excluding hydrogens is 362 g/mol. The number of nitrogens with two attached hydrogens (primary N) is 1. The van der Waals surface area contributed by atoms with E-state index in [2.05, 4.69) is 17.4 Å². The number of amides is 2. The van der Waals surface area contributed by atoms with Crippen LogP contribution in [0.15, 0.2) is 54.6 Å². The smallest absolute Gasteiger partial charge is 0.227 e. The van der Waals surface area contributed by atoms with Crippen molar-refractivity contribution in [3.8, 4) is 0 Å². The van der Waals surface area contributed by atoms with Crippen LogP contribution in [0.3, 0.4) is 0 Å². The standard InChI is InChI=1S/C21H25N3O2.ClH/c1-15(25)23-19-9-7-16(8-10-19)11-21(26)24-13-18(12-22)20(14-24)17-5-3-2-4-6-17;/h2-10,18,20H,11-14,22H2,1H3,(H,23,25);1H/t18-,20+;/m1./s1. The van der Waals surface area contributed by atoms with Crippen molar-refractivity contribution in [2.75, 3.05) is 25.0 Å². The predicted octanol–water partition coefficient (Wildman–Crippen LogP) is 2.81. The molecule has 0 aromatic heterocycles. The summed E-state index contributed by atoms with van der Waals surface area (Å²) >= 11 is 0. The Balaban J connectivity index is 0.00000261. The quantitative estimate of drug-likeness (QED) is 0.828. The van der Waals surface area contributed by atoms with Crippen molar-refractivity contribution in [2.24, 2.45) is 11.7 Å². The van der Waals surface area contributed by atoms with Crippen LogP contribution in [0.25, 0.3) is 0 Å². The molecule has 0 unspecified atom stereocenters. The molecule has 1 fully saturated rings. The maximum Gasteiger partial charge on any atom is 0.227 e. The van der Waals surface area contributed by atoms with Crippen molar-refractivity contribution in [1.82, 2.24) is 4.90 Å². The Hall–Kier alpha value is -2.37. The molecule has 0 spiro atoms. The Kier molecular flexibility index (Phi) is 7.39. The third-order valence-electron chi connectivity index (χ3n) is 4.95. The maximum absolute atomic E-state index is 12.7. The molecule has 0 aliphatic carbocycles. The largest absolute Gasteiger partial charge is 0.341 e. The van der Waals surface area contributed by atoms with Gasteiger partial charge in [-0.05, 0) is 35.7 Å². The number of carbonyl (C=O) groups is 2. The van der Waals surface area contributed by atoms with E-state index in [0.717, 1.165) is 11.3 Å². The highest BCUT2D eigenvalue weighted by molar-refractivity contribution is 5.88. The van der Waals surface area contributed by atoms with Crippen LogP contribution in [-0.4, -0.2) is 36.3 Å². The minimum absolute atomic E-state index is 0. The zero-order valence-corrected chi connectivity index (χ0v) is 16.2. The van der Waals surface area contributed by atoms with E-state index in [-0.39, 0.29) is 24.2 Å². The van der Waals surface area contributed by atoms with Gasteiger partial charge in [0.15, 0.2) is 0 Å². The Morgan fingerprint density at radius 2 is 1.74 bits per heavy atom. The summed E-state index contributed by atoms with van der Waals surface area (Å²) in [5.41, 5.74) is 8.89. The molecule has 5 nitrogen and oxygen atoms in total. The highest BCUT2D eigenvalue weighted by Gasteiger charge is 2.35. The van der Waals surface area contributed by atoms with Gasteiger partial charge in [0.2, 0.25) is 11.8 Å². The summed E-state index contributed by atoms with van der Waals surface area (Å²) in [7, 11) is 0. The second-order valence-corrected chi connectivity index (χ2v) is 6.87. The van der Waals surface area contributed by atoms with Crippen LogP contribution >= 0.6 is 12.4 Å². The summed E-state index contributed by atoms with van der Waals surface area (Å²) in [6, 6.07) is 17.7. The van der Waals surface area contributed by atoms with Crippen LogP contribution in [0.1, 0.15) is 24.0 Å². The van der Waals surface area contributed by atoms with Crippen molar-refractivity contribution in [2.45, 2.75) is 19.3 Å². The van der Waals surface area contributed by atoms with Crippen LogP contribution in [0.4, 0.5) is 5.69 Å². The molecule has 0 bridgehead atoms. The number of anilines is 1. The molecule has 1 saturated heterocycles. The van der Waals surface area contributed by atoms with Gasteiger partial charge in [-0.15, -0.1) is 12.4 Å². The molecule has 2 aromatic carbocycles. The monoisotopic (exact) mass is 387 g/mol. The lowest BCUT2D eigenvalue weighted by atomic mass is 9.89. The Morgan fingerprint density at radius 1 is 1.07 bits per heavy atom. The summed E-state index contributed by atoms with van der Waals surface area (Å²) in [4.78, 5) is 25.7. The molecule has 2 aromatic rings. The van der Waals surface area contributed by atoms with Crippen LogP contribution in [0, 0.1) is 5.92 Å². The van der Waals surface area contributed by atoms with Crippen molar-refractivity contribution in [3.05, 3.63) is 65.7 Å². The lowest BCUT2D eigenvalue weighted by Crippen LogP contribution is -2.31. The summed E-state index contributed by atoms with van der Waals surface area (Å²) in [6.07, 6.45) is 0.360. The van der Waals surface area contributed by atoms with Gasteiger partial charge in [0.1, 0.15) is 0 Å². The highest BCUT2D eigenvalue weighted by Crippen LogP contribution is 2.32. The van der Waals surface area contributed by atoms with Gasteiger partial charge in [0, 0.05) is 31.6 Å². The van der Waals surface area contributed by atoms with Gasteiger partial charge in [0.25, 0.3) is 0 Å². The average molecular weight is 388 g/mol. The van der Waals surface area contributed by atoms with Crippen molar-refractivity contribution in [3.63, 3.8) is 0 Å². The summed E-state index contributed by atoms with van der Waals surface area (Å²) in [6.45, 7) is 3.48. The minimum atomic E-state index is -0.106. The lowest BCUT2D eigenvalue weighted by molar-refractivity contribution is -0.129. The highest BCUT2D eigenvalue weighted by atomic mass is 35.5. The predicted molar refractivity (Wildman–Crippen MR) is 110 cm³/mol. The molecule has 1 aliphatic heterocycles. The van der Waals surface area contributed by atoms with E-state index in [1.807, 2.05) is 47.4 Å². The molecule has 1 aliphatic rings. The number of rotatable bonds is 5. The zero-order valence-electron chi connectivity index (χ0n) is 15.4. The molecule has 3 rings (SSSR count). The van der Waals surface area contributed by atoms with Gasteiger partial charge in [-0.3, -0.25) is 9.59 Å². The van der Waals surface area contributed by atoms with E-state index in [9.17, 15) is 9.59 Å². The van der Waals surface area contributed by atoms with Gasteiger partial charge < -0.3 is 16.0 Å². The third kappa shape index (κ3) is 5.31. The normalized spacial score (nSPS) is 18.7. The van der Waals surface area contributed by atoms with Gasteiger partial charge in [-0.25, -0.2) is 0 Å². The summed E-state index contributed by atoms with van der Waals surface area (Å²) < 4.78 is 0. The van der Waals surface area contributed by atoms with E-state index in [1.165, 1.54) is 12.5 Å². The number of benzene rings is 2. The van der Waals surface area contributed by atoms with Crippen molar-refractivity contribution >= 4 is 29.9 Å². The molecule has 2 amide bonds. The van der Waals surface area contributed by atoms with Crippen molar-refractivity contribution in [1.29, 1.82) is 0 Å². The molecule has 144 valence electrons. The van der Waals surface area contributed by atoms with Gasteiger partial charge in [0.05, 0.1) is 6.42 Å². The average Bonchev–Trinajstić information content (AvgIpc) is 3.08. The first kappa shape index (κ1) is 20.9. The molecular formula is C21H26ClN3O2. The first-order valence-corrected chi connectivity index (χ1v) is 8.96. The van der Waals surface area contributed by atoms with E-state index in [1.54, 1.807) is 0 Å². The number of hydrogen-bond acceptors (Lipinski definition) is 3. The number of nitrogens with one attached hydrogen (secondary N) is 1. The van der Waals surface area contributed by atoms with Crippen LogP contribution in [-0.2, 0) is 16.0 Å². The number of likely N-dealkylation sites (tertiary alicyclic amines) is 1. The van der Waals surface area contributed by atoms with E-state index in [4.69, 9.17) is 5.73 Å². The topological polar surface area (TPSA) is 75.4 Å². The Bertz CT molecular complexity index is 765. The Morgan fingerprint density at radius 3 is 2.33 bits per heavy atom. The minimum Gasteiger partial charge on any atom is -0.341 e. The fraction of sp³-hybridized carbons (Fsp3) is 0.333. The van der Waals surface area contributed by atoms with Gasteiger partial charge in [-0.1, -0.05) is 42.5 Å². The second kappa shape index (κ2) is 9.53. The number of nitrogens with zero attached hydrogens (tertiary/aromatic N) is 1.